The Morgan fingerprint density at radius 2 is 1.09 bits per heavy atom. The average molecular weight is 640 g/mol. The minimum atomic E-state index is -1.25. The van der Waals surface area contributed by atoms with E-state index in [4.69, 9.17) is 26.2 Å². The molecule has 0 radical (unpaired) electrons. The van der Waals surface area contributed by atoms with Gasteiger partial charge in [-0.15, -0.1) is 0 Å². The number of nitrogens with one attached hydrogen (secondary N) is 3. The van der Waals surface area contributed by atoms with Crippen molar-refractivity contribution in [3.63, 3.8) is 0 Å². The highest BCUT2D eigenvalue weighted by Crippen LogP contribution is 2.05. The molecule has 0 aliphatic carbocycles. The molecule has 0 spiro atoms. The second kappa shape index (κ2) is 19.6. The molecule has 0 unspecified atom stereocenters. The fraction of sp³-hybridized carbons (Fsp3) is 0.519. The zero-order valence-corrected chi connectivity index (χ0v) is 25.1. The second-order valence-electron chi connectivity index (χ2n) is 10.5. The number of hydrogen-bond acceptors (Lipinski definition) is 11. The third-order valence-corrected chi connectivity index (χ3v) is 6.29. The van der Waals surface area contributed by atoms with Gasteiger partial charge in [-0.2, -0.15) is 0 Å². The molecule has 1 atom stereocenters. The number of aliphatic carboxylic acids is 4. The molecule has 250 valence electrons. The van der Waals surface area contributed by atoms with Crippen LogP contribution in [0.4, 0.5) is 0 Å². The number of carboxylic acids is 4. The van der Waals surface area contributed by atoms with Gasteiger partial charge in [0.05, 0.1) is 38.8 Å². The molecule has 1 rings (SSSR count). The van der Waals surface area contributed by atoms with Crippen molar-refractivity contribution in [3.8, 4) is 0 Å². The van der Waals surface area contributed by atoms with Crippen molar-refractivity contribution in [2.75, 3.05) is 58.9 Å². The summed E-state index contributed by atoms with van der Waals surface area (Å²) in [4.78, 5) is 85.4. The summed E-state index contributed by atoms with van der Waals surface area (Å²) in [5, 5.41) is 39.1. The van der Waals surface area contributed by atoms with Gasteiger partial charge in [-0.3, -0.25) is 59.1 Å². The summed E-state index contributed by atoms with van der Waals surface area (Å²) in [6.45, 7) is 0.984. The van der Waals surface area contributed by atoms with E-state index in [0.29, 0.717) is 5.56 Å². The third-order valence-electron chi connectivity index (χ3n) is 6.29. The molecule has 0 saturated carbocycles. The highest BCUT2D eigenvalue weighted by Gasteiger charge is 2.20. The van der Waals surface area contributed by atoms with Crippen LogP contribution in [0.25, 0.3) is 0 Å². The molecular weight excluding hydrogens is 598 g/mol. The number of nitrogens with zero attached hydrogens (tertiary/aromatic N) is 3. The molecule has 3 amide bonds. The molecule has 45 heavy (non-hydrogen) atoms. The van der Waals surface area contributed by atoms with E-state index in [1.807, 2.05) is 0 Å². The first-order chi connectivity index (χ1) is 21.1. The molecule has 1 aromatic carbocycles. The maximum absolute atomic E-state index is 12.8. The summed E-state index contributed by atoms with van der Waals surface area (Å²) in [6.07, 6.45) is 0. The van der Waals surface area contributed by atoms with Gasteiger partial charge in [0, 0.05) is 38.3 Å². The molecule has 0 saturated heterocycles. The van der Waals surface area contributed by atoms with Crippen LogP contribution in [0, 0.1) is 5.92 Å². The smallest absolute Gasteiger partial charge is 0.317 e. The predicted molar refractivity (Wildman–Crippen MR) is 157 cm³/mol. The first-order valence-electron chi connectivity index (χ1n) is 13.8. The lowest BCUT2D eigenvalue weighted by Gasteiger charge is -2.28. The highest BCUT2D eigenvalue weighted by atomic mass is 16.4. The lowest BCUT2D eigenvalue weighted by Crippen LogP contribution is -2.51. The van der Waals surface area contributed by atoms with Crippen molar-refractivity contribution in [1.82, 2.24) is 30.9 Å². The summed E-state index contributed by atoms with van der Waals surface area (Å²) < 4.78 is 0. The van der Waals surface area contributed by atoms with Gasteiger partial charge >= 0.3 is 23.9 Å². The van der Waals surface area contributed by atoms with Crippen LogP contribution >= 0.6 is 0 Å². The van der Waals surface area contributed by atoms with Crippen molar-refractivity contribution >= 4 is 41.6 Å². The maximum atomic E-state index is 12.8. The minimum absolute atomic E-state index is 0.0182. The van der Waals surface area contributed by atoms with Crippen LogP contribution in [0.5, 0.6) is 0 Å². The van der Waals surface area contributed by atoms with Crippen LogP contribution in [-0.2, 0) is 35.3 Å². The van der Waals surface area contributed by atoms with Gasteiger partial charge in [-0.05, 0) is 23.6 Å². The number of hydrogen-bond donors (Lipinski definition) is 8. The summed E-state index contributed by atoms with van der Waals surface area (Å²) >= 11 is 0. The maximum Gasteiger partial charge on any atom is 0.317 e. The summed E-state index contributed by atoms with van der Waals surface area (Å²) in [7, 11) is 0. The van der Waals surface area contributed by atoms with E-state index in [0.717, 1.165) is 9.80 Å². The van der Waals surface area contributed by atoms with Gasteiger partial charge < -0.3 is 31.5 Å². The largest absolute Gasteiger partial charge is 0.480 e. The molecule has 9 N–H and O–H groups in total. The van der Waals surface area contributed by atoms with Gasteiger partial charge in [-0.25, -0.2) is 0 Å². The van der Waals surface area contributed by atoms with Crippen LogP contribution < -0.4 is 21.9 Å². The lowest BCUT2D eigenvalue weighted by atomic mass is 10.1. The molecule has 0 aliphatic heterocycles. The van der Waals surface area contributed by atoms with E-state index in [-0.39, 0.29) is 50.7 Å². The molecule has 0 fully saturated rings. The van der Waals surface area contributed by atoms with Crippen LogP contribution in [0.2, 0.25) is 0 Å². The Morgan fingerprint density at radius 3 is 1.49 bits per heavy atom. The molecule has 18 heteroatoms. The number of carbonyl (C=O) groups excluding carboxylic acids is 3. The van der Waals surface area contributed by atoms with E-state index in [1.165, 1.54) is 17.0 Å². The number of carboxylic acid groups (broad SMARTS) is 4. The monoisotopic (exact) mass is 639 g/mol. The molecule has 0 aliphatic rings. The Balaban J connectivity index is 2.83. The van der Waals surface area contributed by atoms with Gasteiger partial charge in [-0.1, -0.05) is 26.0 Å². The van der Waals surface area contributed by atoms with Crippen molar-refractivity contribution < 1.29 is 54.0 Å². The average Bonchev–Trinajstić information content (AvgIpc) is 2.94. The van der Waals surface area contributed by atoms with E-state index in [2.05, 4.69) is 16.2 Å². The standard InChI is InChI=1S/C27H41N7O11/c1-17(2)25(28)27(45)31-30-26(44)19-5-3-18(4-6-19)11-29-20(35)12-32(7-9-33(13-21(36)37)14-22(38)39)8-10-34(15-23(40)41)16-24(42)43/h3-6,17,25H,7-16,28H2,1-2H3,(H,29,35)(H,30,44)(H,31,45)(H,36,37)(H,38,39)(H,40,41)(H,42,43)/t25-/m1/s1. The number of rotatable bonds is 21. The zero-order chi connectivity index (χ0) is 34.1. The quantitative estimate of drug-likeness (QED) is 0.0635. The van der Waals surface area contributed by atoms with Crippen LogP contribution in [0.1, 0.15) is 29.8 Å². The van der Waals surface area contributed by atoms with Crippen molar-refractivity contribution in [2.45, 2.75) is 26.4 Å². The van der Waals surface area contributed by atoms with Crippen LogP contribution in [-0.4, -0.2) is 142 Å². The summed E-state index contributed by atoms with van der Waals surface area (Å²) in [6, 6.07) is 5.34. The van der Waals surface area contributed by atoms with E-state index in [9.17, 15) is 33.6 Å². The number of nitrogens with two attached hydrogens (primary N) is 1. The SMILES string of the molecule is CC(C)[C@@H](N)C(=O)NNC(=O)c1ccc(CNC(=O)CN(CCN(CC(=O)O)CC(=O)O)CCN(CC(=O)O)CC(=O)O)cc1. The fourth-order valence-corrected chi connectivity index (χ4v) is 3.84. The normalized spacial score (nSPS) is 11.8. The molecule has 0 aromatic heterocycles. The summed E-state index contributed by atoms with van der Waals surface area (Å²) in [5.41, 5.74) is 11.1. The van der Waals surface area contributed by atoms with Gasteiger partial charge in [0.2, 0.25) is 5.91 Å². The molecular formula is C27H41N7O11. The summed E-state index contributed by atoms with van der Waals surface area (Å²) in [5.74, 6) is -6.74. The fourth-order valence-electron chi connectivity index (χ4n) is 3.84. The predicted octanol–water partition coefficient (Wildman–Crippen LogP) is -2.71. The third kappa shape index (κ3) is 16.7. The first kappa shape index (κ1) is 38.4. The molecule has 0 bridgehead atoms. The Bertz CT molecular complexity index is 1120. The Labute approximate surface area is 259 Å². The van der Waals surface area contributed by atoms with Gasteiger partial charge in [0.25, 0.3) is 11.8 Å². The second-order valence-corrected chi connectivity index (χ2v) is 10.5. The van der Waals surface area contributed by atoms with Gasteiger partial charge in [0.15, 0.2) is 0 Å². The minimum Gasteiger partial charge on any atom is -0.480 e. The topological polar surface area (TPSA) is 272 Å². The van der Waals surface area contributed by atoms with E-state index >= 15 is 0 Å². The Kier molecular flexibility index (Phi) is 16.7. The number of amides is 3. The van der Waals surface area contributed by atoms with Gasteiger partial charge in [0.1, 0.15) is 0 Å². The Morgan fingerprint density at radius 1 is 0.667 bits per heavy atom. The van der Waals surface area contributed by atoms with E-state index < -0.39 is 73.8 Å². The highest BCUT2D eigenvalue weighted by molar-refractivity contribution is 5.95. The molecule has 0 heterocycles. The van der Waals surface area contributed by atoms with Crippen LogP contribution in [0.15, 0.2) is 24.3 Å². The number of hydrazine groups is 1. The van der Waals surface area contributed by atoms with Crippen molar-refractivity contribution in [2.24, 2.45) is 11.7 Å². The Hall–Kier alpha value is -4.65. The van der Waals surface area contributed by atoms with Crippen LogP contribution in [0.3, 0.4) is 0 Å². The first-order valence-corrected chi connectivity index (χ1v) is 13.8. The lowest BCUT2D eigenvalue weighted by molar-refractivity contribution is -0.143. The number of benzene rings is 1. The van der Waals surface area contributed by atoms with Crippen molar-refractivity contribution in [1.29, 1.82) is 0 Å². The molecule has 1 aromatic rings. The molecule has 18 nitrogen and oxygen atoms in total. The van der Waals surface area contributed by atoms with E-state index in [1.54, 1.807) is 26.0 Å². The zero-order valence-electron chi connectivity index (χ0n) is 25.1. The van der Waals surface area contributed by atoms with Crippen molar-refractivity contribution in [3.05, 3.63) is 35.4 Å². The number of carbonyl (C=O) groups is 7.